The van der Waals surface area contributed by atoms with Gasteiger partial charge in [0.25, 0.3) is 0 Å². The maximum atomic E-state index is 6.28. The molecule has 0 aromatic rings. The highest BCUT2D eigenvalue weighted by Crippen LogP contribution is 2.27. The highest BCUT2D eigenvalue weighted by Gasteiger charge is 2.29. The third kappa shape index (κ3) is 13.2. The summed E-state index contributed by atoms with van der Waals surface area (Å²) in [4.78, 5) is 0. The molecule has 0 aliphatic heterocycles. The molecule has 0 bridgehead atoms. The molecule has 0 fully saturated rings. The lowest BCUT2D eigenvalue weighted by molar-refractivity contribution is -0.244. The van der Waals surface area contributed by atoms with Gasteiger partial charge in [0.2, 0.25) is 0 Å². The lowest BCUT2D eigenvalue weighted by Gasteiger charge is -2.33. The number of rotatable bonds is 19. The predicted octanol–water partition coefficient (Wildman–Crippen LogP) is 7.65. The molecule has 0 rings (SSSR count). The second-order valence-electron chi connectivity index (χ2n) is 7.25. The minimum Gasteiger partial charge on any atom is -0.350 e. The number of hydrogen-bond donors (Lipinski definition) is 0. The molecule has 2 heteroatoms. The average Bonchev–Trinajstić information content (AvgIpc) is 2.61. The molecule has 0 aliphatic rings. The van der Waals surface area contributed by atoms with Gasteiger partial charge in [-0.25, -0.2) is 0 Å². The Labute approximate surface area is 153 Å². The fraction of sp³-hybridized carbons (Fsp3) is 1.00. The summed E-state index contributed by atoms with van der Waals surface area (Å²) in [5.74, 6) is -0.315. The summed E-state index contributed by atoms with van der Waals surface area (Å²) in [5, 5.41) is 0. The molecule has 0 saturated carbocycles. The molecular formula is C22H46O2. The van der Waals surface area contributed by atoms with Crippen LogP contribution in [0, 0.1) is 0 Å². The average molecular weight is 343 g/mol. The molecule has 0 N–H and O–H groups in total. The van der Waals surface area contributed by atoms with Crippen LogP contribution in [0.1, 0.15) is 124 Å². The molecule has 146 valence electrons. The molecule has 0 unspecified atom stereocenters. The summed E-state index contributed by atoms with van der Waals surface area (Å²) < 4.78 is 12.6. The van der Waals surface area contributed by atoms with Crippen LogP contribution in [0.15, 0.2) is 0 Å². The van der Waals surface area contributed by atoms with E-state index in [9.17, 15) is 0 Å². The molecule has 0 radical (unpaired) electrons. The van der Waals surface area contributed by atoms with Crippen molar-refractivity contribution in [3.8, 4) is 0 Å². The van der Waals surface area contributed by atoms with Gasteiger partial charge in [0.15, 0.2) is 5.79 Å². The van der Waals surface area contributed by atoms with Crippen molar-refractivity contribution in [2.45, 2.75) is 130 Å². The Morgan fingerprint density at radius 3 is 1.38 bits per heavy atom. The van der Waals surface area contributed by atoms with Gasteiger partial charge in [0.1, 0.15) is 0 Å². The minimum atomic E-state index is -0.315. The van der Waals surface area contributed by atoms with Gasteiger partial charge in [-0.15, -0.1) is 0 Å². The second-order valence-corrected chi connectivity index (χ2v) is 7.25. The van der Waals surface area contributed by atoms with Crippen molar-refractivity contribution in [3.05, 3.63) is 0 Å². The van der Waals surface area contributed by atoms with Gasteiger partial charge in [0.05, 0.1) is 13.2 Å². The molecule has 0 saturated heterocycles. The van der Waals surface area contributed by atoms with Crippen LogP contribution in [0.3, 0.4) is 0 Å². The van der Waals surface area contributed by atoms with E-state index < -0.39 is 0 Å². The molecular weight excluding hydrogens is 296 g/mol. The number of hydrogen-bond acceptors (Lipinski definition) is 2. The molecule has 0 heterocycles. The van der Waals surface area contributed by atoms with Gasteiger partial charge in [-0.3, -0.25) is 0 Å². The van der Waals surface area contributed by atoms with Crippen molar-refractivity contribution in [3.63, 3.8) is 0 Å². The van der Waals surface area contributed by atoms with Gasteiger partial charge in [-0.05, 0) is 25.7 Å². The minimum absolute atomic E-state index is 0.315. The molecule has 0 aromatic heterocycles. The highest BCUT2D eigenvalue weighted by molar-refractivity contribution is 4.69. The summed E-state index contributed by atoms with van der Waals surface area (Å²) in [5.41, 5.74) is 0. The van der Waals surface area contributed by atoms with E-state index in [1.165, 1.54) is 70.6 Å². The smallest absolute Gasteiger partial charge is 0.168 e. The maximum Gasteiger partial charge on any atom is 0.168 e. The first kappa shape index (κ1) is 23.9. The van der Waals surface area contributed by atoms with E-state index in [0.29, 0.717) is 0 Å². The van der Waals surface area contributed by atoms with E-state index in [-0.39, 0.29) is 5.79 Å². The lowest BCUT2D eigenvalue weighted by atomic mass is 10.0. The van der Waals surface area contributed by atoms with Crippen LogP contribution in [0.2, 0.25) is 0 Å². The number of unbranched alkanes of at least 4 members (excludes halogenated alkanes) is 10. The van der Waals surface area contributed by atoms with Crippen LogP contribution in [0.4, 0.5) is 0 Å². The van der Waals surface area contributed by atoms with Crippen molar-refractivity contribution in [2.75, 3.05) is 13.2 Å². The third-order valence-electron chi connectivity index (χ3n) is 4.93. The van der Waals surface area contributed by atoms with E-state index in [0.717, 1.165) is 38.9 Å². The zero-order valence-electron chi connectivity index (χ0n) is 17.3. The predicted molar refractivity (Wildman–Crippen MR) is 107 cm³/mol. The molecule has 0 spiro atoms. The summed E-state index contributed by atoms with van der Waals surface area (Å²) in [6.07, 6.45) is 18.8. The van der Waals surface area contributed by atoms with Crippen molar-refractivity contribution in [1.82, 2.24) is 0 Å². The first-order valence-electron chi connectivity index (χ1n) is 11.0. The quantitative estimate of drug-likeness (QED) is 0.177. The molecule has 0 aliphatic carbocycles. The third-order valence-corrected chi connectivity index (χ3v) is 4.93. The molecule has 0 amide bonds. The topological polar surface area (TPSA) is 18.5 Å². The van der Waals surface area contributed by atoms with Gasteiger partial charge in [-0.1, -0.05) is 91.9 Å². The zero-order chi connectivity index (χ0) is 17.9. The van der Waals surface area contributed by atoms with Crippen LogP contribution in [0.5, 0.6) is 0 Å². The first-order valence-corrected chi connectivity index (χ1v) is 11.0. The number of ether oxygens (including phenoxy) is 2. The summed E-state index contributed by atoms with van der Waals surface area (Å²) in [6, 6.07) is 0. The van der Waals surface area contributed by atoms with E-state index in [4.69, 9.17) is 9.47 Å². The fourth-order valence-electron chi connectivity index (χ4n) is 3.14. The Bertz CT molecular complexity index is 228. The molecule has 24 heavy (non-hydrogen) atoms. The molecule has 0 atom stereocenters. The summed E-state index contributed by atoms with van der Waals surface area (Å²) in [6.45, 7) is 10.7. The first-order chi connectivity index (χ1) is 11.7. The van der Waals surface area contributed by atoms with Gasteiger partial charge >= 0.3 is 0 Å². The Morgan fingerprint density at radius 1 is 0.500 bits per heavy atom. The van der Waals surface area contributed by atoms with Crippen molar-refractivity contribution in [2.24, 2.45) is 0 Å². The largest absolute Gasteiger partial charge is 0.350 e. The normalized spacial score (nSPS) is 12.0. The van der Waals surface area contributed by atoms with Crippen LogP contribution < -0.4 is 0 Å². The highest BCUT2D eigenvalue weighted by atomic mass is 16.7. The zero-order valence-corrected chi connectivity index (χ0v) is 17.3. The Morgan fingerprint density at radius 2 is 0.917 bits per heavy atom. The van der Waals surface area contributed by atoms with Crippen molar-refractivity contribution in [1.29, 1.82) is 0 Å². The Kier molecular flexibility index (Phi) is 17.7. The van der Waals surface area contributed by atoms with Crippen molar-refractivity contribution >= 4 is 0 Å². The fourth-order valence-corrected chi connectivity index (χ4v) is 3.14. The van der Waals surface area contributed by atoms with Crippen LogP contribution >= 0.6 is 0 Å². The molecule has 0 aromatic carbocycles. The van der Waals surface area contributed by atoms with Gasteiger partial charge in [0, 0.05) is 6.42 Å². The second kappa shape index (κ2) is 17.7. The monoisotopic (exact) mass is 342 g/mol. The van der Waals surface area contributed by atoms with Gasteiger partial charge < -0.3 is 9.47 Å². The van der Waals surface area contributed by atoms with Gasteiger partial charge in [-0.2, -0.15) is 0 Å². The van der Waals surface area contributed by atoms with E-state index in [1.807, 2.05) is 0 Å². The SMILES string of the molecule is CCCCCCCCCC(CC)(OCCCCC)OCCCCC. The Hall–Kier alpha value is -0.0800. The lowest BCUT2D eigenvalue weighted by Crippen LogP contribution is -2.36. The van der Waals surface area contributed by atoms with E-state index >= 15 is 0 Å². The van der Waals surface area contributed by atoms with Crippen LogP contribution in [-0.2, 0) is 9.47 Å². The van der Waals surface area contributed by atoms with Crippen molar-refractivity contribution < 1.29 is 9.47 Å². The standard InChI is InChI=1S/C22H46O2/c1-5-9-12-13-14-15-16-19-22(8-4,23-20-17-10-6-2)24-21-18-11-7-3/h5-21H2,1-4H3. The molecule has 2 nitrogen and oxygen atoms in total. The Balaban J connectivity index is 4.15. The summed E-state index contributed by atoms with van der Waals surface area (Å²) >= 11 is 0. The van der Waals surface area contributed by atoms with E-state index in [2.05, 4.69) is 27.7 Å². The van der Waals surface area contributed by atoms with E-state index in [1.54, 1.807) is 0 Å². The summed E-state index contributed by atoms with van der Waals surface area (Å²) in [7, 11) is 0. The van der Waals surface area contributed by atoms with Crippen LogP contribution in [-0.4, -0.2) is 19.0 Å². The van der Waals surface area contributed by atoms with Crippen LogP contribution in [0.25, 0.3) is 0 Å². The maximum absolute atomic E-state index is 6.28.